The Morgan fingerprint density at radius 2 is 1.33 bits per heavy atom. The third-order valence-corrected chi connectivity index (χ3v) is 8.46. The van der Waals surface area contributed by atoms with Gasteiger partial charge < -0.3 is 14.0 Å². The lowest BCUT2D eigenvalue weighted by Crippen LogP contribution is -2.40. The van der Waals surface area contributed by atoms with Crippen LogP contribution in [0.1, 0.15) is 122 Å². The summed E-state index contributed by atoms with van der Waals surface area (Å²) in [7, 11) is 4.45. The number of esters is 1. The maximum atomic E-state index is 12.8. The molecule has 4 heteroatoms. The summed E-state index contributed by atoms with van der Waals surface area (Å²) in [5.41, 5.74) is 2.58. The van der Waals surface area contributed by atoms with Gasteiger partial charge in [0.2, 0.25) is 0 Å². The Hall–Kier alpha value is -2.33. The molecule has 0 amide bonds. The average molecular weight is 581 g/mol. The molecule has 0 spiro atoms. The monoisotopic (exact) mass is 580 g/mol. The summed E-state index contributed by atoms with van der Waals surface area (Å²) in [6.45, 7) is 8.54. The maximum Gasteiger partial charge on any atom is 0.309 e. The fourth-order valence-electron chi connectivity index (χ4n) is 5.53. The molecular weight excluding hydrogens is 518 g/mol. The molecule has 2 rings (SSSR count). The number of para-hydroxylation sites is 1. The summed E-state index contributed by atoms with van der Waals surface area (Å²) in [5, 5.41) is 0. The van der Waals surface area contributed by atoms with Gasteiger partial charge in [0.05, 0.1) is 26.6 Å². The summed E-state index contributed by atoms with van der Waals surface area (Å²) in [5.74, 6) is 0.687. The topological polar surface area (TPSA) is 35.5 Å². The summed E-state index contributed by atoms with van der Waals surface area (Å²) in [6, 6.07) is 18.9. The van der Waals surface area contributed by atoms with Crippen LogP contribution in [-0.2, 0) is 22.5 Å². The highest BCUT2D eigenvalue weighted by Gasteiger charge is 2.23. The average Bonchev–Trinajstić information content (AvgIpc) is 2.99. The zero-order valence-corrected chi connectivity index (χ0v) is 27.8. The van der Waals surface area contributed by atoms with Crippen molar-refractivity contribution in [2.45, 2.75) is 130 Å². The number of carbonyl (C=O) groups is 1. The summed E-state index contributed by atoms with van der Waals surface area (Å²) in [4.78, 5) is 12.8. The van der Waals surface area contributed by atoms with E-state index < -0.39 is 0 Å². The molecular formula is C38H62NO3+. The van der Waals surface area contributed by atoms with Crippen molar-refractivity contribution < 1.29 is 18.8 Å². The SMILES string of the molecule is CCCCCCCCCCCCCCc1ccccc1OC(CC)COC(=O)C(C)CC[N+](C)(C)Cc1ccccc1. The van der Waals surface area contributed by atoms with E-state index in [1.807, 2.05) is 19.1 Å². The van der Waals surface area contributed by atoms with Gasteiger partial charge >= 0.3 is 5.97 Å². The molecule has 0 radical (unpaired) electrons. The van der Waals surface area contributed by atoms with Crippen LogP contribution in [0.3, 0.4) is 0 Å². The van der Waals surface area contributed by atoms with E-state index in [1.165, 1.54) is 88.2 Å². The standard InChI is InChI=1S/C38H62NO3/c1-6-8-9-10-11-12-13-14-15-16-17-21-26-35-27-22-23-28-37(35)42-36(7-2)32-41-38(40)33(3)29-30-39(4,5)31-34-24-19-18-20-25-34/h18-20,22-25,27-28,33,36H,6-17,21,26,29-32H2,1-5H3/q+1. The number of ether oxygens (including phenoxy) is 2. The quantitative estimate of drug-likeness (QED) is 0.0704. The number of benzene rings is 2. The van der Waals surface area contributed by atoms with Crippen LogP contribution in [0.4, 0.5) is 0 Å². The molecule has 42 heavy (non-hydrogen) atoms. The Morgan fingerprint density at radius 1 is 0.762 bits per heavy atom. The van der Waals surface area contributed by atoms with Crippen molar-refractivity contribution in [3.63, 3.8) is 0 Å². The van der Waals surface area contributed by atoms with Gasteiger partial charge in [0.25, 0.3) is 0 Å². The van der Waals surface area contributed by atoms with E-state index in [2.05, 4.69) is 70.4 Å². The molecule has 2 aromatic rings. The minimum Gasteiger partial charge on any atom is -0.487 e. The molecule has 236 valence electrons. The highest BCUT2D eigenvalue weighted by atomic mass is 16.6. The van der Waals surface area contributed by atoms with E-state index in [-0.39, 0.29) is 18.0 Å². The molecule has 0 N–H and O–H groups in total. The van der Waals surface area contributed by atoms with Gasteiger partial charge in [-0.05, 0) is 30.9 Å². The number of aryl methyl sites for hydroxylation is 1. The predicted molar refractivity (Wildman–Crippen MR) is 178 cm³/mol. The Kier molecular flexibility index (Phi) is 18.3. The second-order valence-electron chi connectivity index (χ2n) is 13.0. The van der Waals surface area contributed by atoms with Gasteiger partial charge in [0.1, 0.15) is 25.0 Å². The van der Waals surface area contributed by atoms with Crippen LogP contribution >= 0.6 is 0 Å². The van der Waals surface area contributed by atoms with Gasteiger partial charge in [0.15, 0.2) is 0 Å². The zero-order chi connectivity index (χ0) is 30.5. The first-order chi connectivity index (χ1) is 20.3. The predicted octanol–water partition coefficient (Wildman–Crippen LogP) is 9.93. The first kappa shape index (κ1) is 35.9. The Balaban J connectivity index is 1.66. The molecule has 0 bridgehead atoms. The van der Waals surface area contributed by atoms with E-state index in [4.69, 9.17) is 9.47 Å². The van der Waals surface area contributed by atoms with Crippen molar-refractivity contribution >= 4 is 5.97 Å². The lowest BCUT2D eigenvalue weighted by molar-refractivity contribution is -0.904. The van der Waals surface area contributed by atoms with Gasteiger partial charge in [-0.3, -0.25) is 4.79 Å². The number of nitrogens with zero attached hydrogens (tertiary/aromatic N) is 1. The fraction of sp³-hybridized carbons (Fsp3) is 0.658. The summed E-state index contributed by atoms with van der Waals surface area (Å²) in [6.07, 6.45) is 18.8. The number of hydrogen-bond acceptors (Lipinski definition) is 3. The van der Waals surface area contributed by atoms with Crippen molar-refractivity contribution in [3.8, 4) is 5.75 Å². The molecule has 0 aliphatic carbocycles. The van der Waals surface area contributed by atoms with Gasteiger partial charge in [0, 0.05) is 12.0 Å². The lowest BCUT2D eigenvalue weighted by atomic mass is 10.0. The normalized spacial score (nSPS) is 13.1. The second-order valence-corrected chi connectivity index (χ2v) is 13.0. The van der Waals surface area contributed by atoms with Crippen LogP contribution in [0.15, 0.2) is 54.6 Å². The molecule has 0 aliphatic rings. The summed E-state index contributed by atoms with van der Waals surface area (Å²) < 4.78 is 13.0. The van der Waals surface area contributed by atoms with Crippen molar-refractivity contribution in [2.75, 3.05) is 27.2 Å². The minimum absolute atomic E-state index is 0.124. The van der Waals surface area contributed by atoms with Gasteiger partial charge in [-0.2, -0.15) is 0 Å². The third-order valence-electron chi connectivity index (χ3n) is 8.46. The van der Waals surface area contributed by atoms with E-state index in [1.54, 1.807) is 0 Å². The van der Waals surface area contributed by atoms with Crippen molar-refractivity contribution in [3.05, 3.63) is 65.7 Å². The van der Waals surface area contributed by atoms with E-state index >= 15 is 0 Å². The van der Waals surface area contributed by atoms with Crippen LogP contribution < -0.4 is 4.74 Å². The molecule has 0 aromatic heterocycles. The minimum atomic E-state index is -0.131. The number of rotatable bonds is 24. The van der Waals surface area contributed by atoms with Crippen LogP contribution in [0, 0.1) is 5.92 Å². The first-order valence-electron chi connectivity index (χ1n) is 17.1. The Labute approximate surface area is 258 Å². The maximum absolute atomic E-state index is 12.8. The van der Waals surface area contributed by atoms with Gasteiger partial charge in [-0.1, -0.05) is 140 Å². The van der Waals surface area contributed by atoms with E-state index in [0.29, 0.717) is 6.61 Å². The van der Waals surface area contributed by atoms with E-state index in [0.717, 1.165) is 42.6 Å². The van der Waals surface area contributed by atoms with Gasteiger partial charge in [-0.25, -0.2) is 0 Å². The van der Waals surface area contributed by atoms with E-state index in [9.17, 15) is 4.79 Å². The first-order valence-corrected chi connectivity index (χ1v) is 17.1. The molecule has 2 unspecified atom stereocenters. The van der Waals surface area contributed by atoms with Crippen molar-refractivity contribution in [1.82, 2.24) is 0 Å². The second kappa shape index (κ2) is 21.4. The third kappa shape index (κ3) is 15.8. The molecule has 2 atom stereocenters. The highest BCUT2D eigenvalue weighted by molar-refractivity contribution is 5.71. The molecule has 0 heterocycles. The van der Waals surface area contributed by atoms with Crippen molar-refractivity contribution in [1.29, 1.82) is 0 Å². The lowest BCUT2D eigenvalue weighted by Gasteiger charge is -2.30. The Morgan fingerprint density at radius 3 is 1.95 bits per heavy atom. The van der Waals surface area contributed by atoms with Crippen molar-refractivity contribution in [2.24, 2.45) is 5.92 Å². The van der Waals surface area contributed by atoms with Crippen LogP contribution in [0.25, 0.3) is 0 Å². The van der Waals surface area contributed by atoms with Crippen LogP contribution in [-0.4, -0.2) is 43.8 Å². The van der Waals surface area contributed by atoms with Crippen LogP contribution in [0.2, 0.25) is 0 Å². The largest absolute Gasteiger partial charge is 0.487 e. The molecule has 2 aromatic carbocycles. The summed E-state index contributed by atoms with van der Waals surface area (Å²) >= 11 is 0. The number of carbonyl (C=O) groups excluding carboxylic acids is 1. The number of quaternary nitrogens is 1. The fourth-order valence-corrected chi connectivity index (χ4v) is 5.53. The van der Waals surface area contributed by atoms with Gasteiger partial charge in [-0.15, -0.1) is 0 Å². The molecule has 0 saturated carbocycles. The van der Waals surface area contributed by atoms with Crippen LogP contribution in [0.5, 0.6) is 5.75 Å². The Bertz CT molecular complexity index is 958. The molecule has 0 aliphatic heterocycles. The zero-order valence-electron chi connectivity index (χ0n) is 27.8. The molecule has 0 saturated heterocycles. The number of unbranched alkanes of at least 4 members (excludes halogenated alkanes) is 11. The smallest absolute Gasteiger partial charge is 0.309 e. The molecule has 0 fully saturated rings. The molecule has 4 nitrogen and oxygen atoms in total. The highest BCUT2D eigenvalue weighted by Crippen LogP contribution is 2.23. The number of hydrogen-bond donors (Lipinski definition) is 0.